The molecule has 1 aliphatic heterocycles. The molecule has 10 heteroatoms. The summed E-state index contributed by atoms with van der Waals surface area (Å²) in [6.07, 6.45) is 2.18. The highest BCUT2D eigenvalue weighted by Crippen LogP contribution is 2.40. The minimum atomic E-state index is -1.05. The molecule has 1 amide bonds. The zero-order valence-corrected chi connectivity index (χ0v) is 20.2. The lowest BCUT2D eigenvalue weighted by atomic mass is 9.95. The quantitative estimate of drug-likeness (QED) is 0.119. The Bertz CT molecular complexity index is 1610. The minimum Gasteiger partial charge on any atom is -0.507 e. The highest BCUT2D eigenvalue weighted by atomic mass is 19.1. The number of benzene rings is 3. The Labute approximate surface area is 215 Å². The molecular formula is C28H22FN3O6. The summed E-state index contributed by atoms with van der Waals surface area (Å²) in [4.78, 5) is 41.3. The lowest BCUT2D eigenvalue weighted by Gasteiger charge is -2.25. The number of nitro groups is 1. The molecular weight excluding hydrogens is 493 g/mol. The van der Waals surface area contributed by atoms with Crippen molar-refractivity contribution in [2.45, 2.75) is 12.5 Å². The van der Waals surface area contributed by atoms with Crippen LogP contribution in [-0.2, 0) is 16.0 Å². The van der Waals surface area contributed by atoms with Crippen molar-refractivity contribution in [3.05, 3.63) is 111 Å². The van der Waals surface area contributed by atoms with E-state index in [1.54, 1.807) is 13.2 Å². The Morgan fingerprint density at radius 1 is 1.13 bits per heavy atom. The number of nitrogens with one attached hydrogen (secondary N) is 1. The predicted octanol–water partition coefficient (Wildman–Crippen LogP) is 4.89. The first-order valence-corrected chi connectivity index (χ1v) is 11.7. The summed E-state index contributed by atoms with van der Waals surface area (Å²) in [7, 11) is 1.57. The minimum absolute atomic E-state index is 0.104. The molecule has 0 spiro atoms. The van der Waals surface area contributed by atoms with Crippen LogP contribution < -0.4 is 4.74 Å². The normalized spacial score (nSPS) is 16.8. The molecule has 1 aliphatic rings. The third-order valence-corrected chi connectivity index (χ3v) is 6.65. The molecule has 0 radical (unpaired) electrons. The standard InChI is InChI=1S/C28H22FN3O6/c1-38-21-9-10-23-22(14-21)18(15-30-23)11-12-31-25(17-3-2-4-19(29)13-17)24(27(34)28(31)35)26(33)16-5-7-20(8-6-16)32(36)37/h2-10,13-15,25,30,33H,11-12H2,1H3/t25-/m0/s1. The van der Waals surface area contributed by atoms with Gasteiger partial charge in [-0.2, -0.15) is 0 Å². The summed E-state index contributed by atoms with van der Waals surface area (Å²) >= 11 is 0. The van der Waals surface area contributed by atoms with E-state index in [0.717, 1.165) is 16.5 Å². The second-order valence-electron chi connectivity index (χ2n) is 8.83. The number of Topliss-reactive ketones (excluding diaryl/α,β-unsaturated/α-hetero) is 1. The van der Waals surface area contributed by atoms with E-state index in [2.05, 4.69) is 4.98 Å². The largest absolute Gasteiger partial charge is 0.507 e. The van der Waals surface area contributed by atoms with Gasteiger partial charge < -0.3 is 19.7 Å². The van der Waals surface area contributed by atoms with E-state index in [9.17, 15) is 29.2 Å². The number of carbonyl (C=O) groups excluding carboxylic acids is 2. The van der Waals surface area contributed by atoms with Gasteiger partial charge in [0, 0.05) is 41.3 Å². The Kier molecular flexibility index (Phi) is 6.38. The van der Waals surface area contributed by atoms with E-state index in [0.29, 0.717) is 17.7 Å². The van der Waals surface area contributed by atoms with E-state index in [4.69, 9.17) is 4.74 Å². The molecule has 2 N–H and O–H groups in total. The van der Waals surface area contributed by atoms with Crippen molar-refractivity contribution in [1.82, 2.24) is 9.88 Å². The van der Waals surface area contributed by atoms with Gasteiger partial charge in [-0.15, -0.1) is 0 Å². The summed E-state index contributed by atoms with van der Waals surface area (Å²) in [6.45, 7) is 0.104. The molecule has 1 atom stereocenters. The number of ether oxygens (including phenoxy) is 1. The molecule has 1 saturated heterocycles. The van der Waals surface area contributed by atoms with Crippen molar-refractivity contribution in [2.75, 3.05) is 13.7 Å². The molecule has 0 unspecified atom stereocenters. The van der Waals surface area contributed by atoms with Gasteiger partial charge in [0.1, 0.15) is 17.3 Å². The Morgan fingerprint density at radius 3 is 2.58 bits per heavy atom. The number of aromatic amines is 1. The number of aliphatic hydroxyl groups excluding tert-OH is 1. The summed E-state index contributed by atoms with van der Waals surface area (Å²) in [6, 6.07) is 15.0. The fourth-order valence-corrected chi connectivity index (χ4v) is 4.76. The third kappa shape index (κ3) is 4.36. The van der Waals surface area contributed by atoms with E-state index in [1.807, 2.05) is 24.4 Å². The fraction of sp³-hybridized carbons (Fsp3) is 0.143. The number of hydrogen-bond donors (Lipinski definition) is 2. The van der Waals surface area contributed by atoms with Crippen LogP contribution in [0.3, 0.4) is 0 Å². The Balaban J connectivity index is 1.55. The lowest BCUT2D eigenvalue weighted by Crippen LogP contribution is -2.31. The first-order chi connectivity index (χ1) is 18.3. The molecule has 0 bridgehead atoms. The number of non-ortho nitro benzene ring substituents is 1. The highest BCUT2D eigenvalue weighted by Gasteiger charge is 2.46. The highest BCUT2D eigenvalue weighted by molar-refractivity contribution is 6.46. The van der Waals surface area contributed by atoms with Crippen molar-refractivity contribution >= 4 is 34.0 Å². The summed E-state index contributed by atoms with van der Waals surface area (Å²) in [5, 5.41) is 23.0. The van der Waals surface area contributed by atoms with Gasteiger partial charge in [0.2, 0.25) is 0 Å². The number of fused-ring (bicyclic) bond motifs is 1. The van der Waals surface area contributed by atoms with Crippen LogP contribution in [0.1, 0.15) is 22.7 Å². The van der Waals surface area contributed by atoms with E-state index in [-0.39, 0.29) is 23.4 Å². The van der Waals surface area contributed by atoms with Crippen LogP contribution in [-0.4, -0.2) is 45.3 Å². The molecule has 3 aromatic carbocycles. The predicted molar refractivity (Wildman–Crippen MR) is 137 cm³/mol. The van der Waals surface area contributed by atoms with Crippen molar-refractivity contribution in [2.24, 2.45) is 0 Å². The Hall–Kier alpha value is -4.99. The van der Waals surface area contributed by atoms with Gasteiger partial charge in [-0.25, -0.2) is 4.39 Å². The topological polar surface area (TPSA) is 126 Å². The second-order valence-corrected chi connectivity index (χ2v) is 8.83. The molecule has 38 heavy (non-hydrogen) atoms. The summed E-state index contributed by atoms with van der Waals surface area (Å²) in [5.74, 6) is -2.14. The van der Waals surface area contributed by atoms with Crippen molar-refractivity contribution in [3.63, 3.8) is 0 Å². The first-order valence-electron chi connectivity index (χ1n) is 11.7. The van der Waals surface area contributed by atoms with Crippen LogP contribution in [0.4, 0.5) is 10.1 Å². The van der Waals surface area contributed by atoms with Gasteiger partial charge in [-0.05, 0) is 60.0 Å². The van der Waals surface area contributed by atoms with E-state index >= 15 is 0 Å². The van der Waals surface area contributed by atoms with Crippen molar-refractivity contribution < 1.29 is 28.7 Å². The Morgan fingerprint density at radius 2 is 1.89 bits per heavy atom. The van der Waals surface area contributed by atoms with Gasteiger partial charge in [0.05, 0.1) is 23.6 Å². The molecule has 9 nitrogen and oxygen atoms in total. The fourth-order valence-electron chi connectivity index (χ4n) is 4.76. The van der Waals surface area contributed by atoms with Gasteiger partial charge in [-0.3, -0.25) is 19.7 Å². The number of halogens is 1. The van der Waals surface area contributed by atoms with Crippen LogP contribution in [0, 0.1) is 15.9 Å². The van der Waals surface area contributed by atoms with Gasteiger partial charge >= 0.3 is 0 Å². The lowest BCUT2D eigenvalue weighted by molar-refractivity contribution is -0.384. The monoisotopic (exact) mass is 515 g/mol. The number of nitrogens with zero attached hydrogens (tertiary/aromatic N) is 2. The summed E-state index contributed by atoms with van der Waals surface area (Å²) < 4.78 is 19.5. The van der Waals surface area contributed by atoms with Crippen LogP contribution in [0.15, 0.2) is 78.5 Å². The smallest absolute Gasteiger partial charge is 0.295 e. The zero-order chi connectivity index (χ0) is 27.0. The number of amides is 1. The average molecular weight is 515 g/mol. The molecule has 1 aromatic heterocycles. The number of aromatic nitrogens is 1. The molecule has 4 aromatic rings. The van der Waals surface area contributed by atoms with E-state index in [1.165, 1.54) is 47.4 Å². The molecule has 0 aliphatic carbocycles. The maximum absolute atomic E-state index is 14.2. The molecule has 2 heterocycles. The van der Waals surface area contributed by atoms with Gasteiger partial charge in [0.15, 0.2) is 0 Å². The number of likely N-dealkylation sites (tertiary alicyclic amines) is 1. The van der Waals surface area contributed by atoms with Crippen molar-refractivity contribution in [1.29, 1.82) is 0 Å². The second kappa shape index (κ2) is 9.81. The molecule has 5 rings (SSSR count). The molecule has 0 saturated carbocycles. The van der Waals surface area contributed by atoms with Gasteiger partial charge in [0.25, 0.3) is 17.4 Å². The first kappa shape index (κ1) is 24.7. The number of hydrogen-bond acceptors (Lipinski definition) is 6. The third-order valence-electron chi connectivity index (χ3n) is 6.65. The number of aliphatic hydroxyl groups is 1. The van der Waals surface area contributed by atoms with Crippen LogP contribution in [0.2, 0.25) is 0 Å². The summed E-state index contributed by atoms with van der Waals surface area (Å²) in [5.41, 5.74) is 1.79. The maximum Gasteiger partial charge on any atom is 0.295 e. The SMILES string of the molecule is COc1ccc2[nH]cc(CCN3C(=O)C(=O)C(=C(O)c4ccc([N+](=O)[O-])cc4)[C@@H]3c3cccc(F)c3)c2c1. The number of ketones is 1. The molecule has 192 valence electrons. The molecule has 1 fully saturated rings. The number of rotatable bonds is 7. The maximum atomic E-state index is 14.2. The van der Waals surface area contributed by atoms with Crippen LogP contribution in [0.25, 0.3) is 16.7 Å². The number of carbonyl (C=O) groups is 2. The van der Waals surface area contributed by atoms with Crippen LogP contribution >= 0.6 is 0 Å². The number of H-pyrrole nitrogens is 1. The van der Waals surface area contributed by atoms with Gasteiger partial charge in [-0.1, -0.05) is 12.1 Å². The van der Waals surface area contributed by atoms with Crippen molar-refractivity contribution in [3.8, 4) is 5.75 Å². The van der Waals surface area contributed by atoms with Crippen LogP contribution in [0.5, 0.6) is 5.75 Å². The number of methoxy groups -OCH3 is 1. The average Bonchev–Trinajstić information content (AvgIpc) is 3.44. The van der Waals surface area contributed by atoms with E-state index < -0.39 is 34.2 Å². The number of nitro benzene ring substituents is 1. The zero-order valence-electron chi connectivity index (χ0n) is 20.2.